The lowest BCUT2D eigenvalue weighted by Gasteiger charge is -2.51. The second kappa shape index (κ2) is 12.2. The fourth-order valence-electron chi connectivity index (χ4n) is 5.09. The van der Waals surface area contributed by atoms with Gasteiger partial charge < -0.3 is 20.3 Å². The highest BCUT2D eigenvalue weighted by Gasteiger charge is 2.49. The zero-order valence-electron chi connectivity index (χ0n) is 22.1. The van der Waals surface area contributed by atoms with Crippen LogP contribution in [0.25, 0.3) is 0 Å². The van der Waals surface area contributed by atoms with E-state index in [9.17, 15) is 45.1 Å². The molecule has 0 spiro atoms. The molecule has 15 heteroatoms. The molecule has 2 saturated heterocycles. The van der Waals surface area contributed by atoms with Crippen LogP contribution in [-0.2, 0) is 39.8 Å². The molecule has 3 amide bonds. The molecule has 2 fully saturated rings. The molecule has 42 heavy (non-hydrogen) atoms. The number of piperazine rings is 1. The number of carbonyl (C=O) groups excluding carboxylic acids is 3. The second-order valence-corrected chi connectivity index (χ2v) is 9.95. The summed E-state index contributed by atoms with van der Waals surface area (Å²) in [6.07, 6.45) is -12.0. The van der Waals surface area contributed by atoms with Crippen molar-refractivity contribution in [1.29, 1.82) is 0 Å². The molecule has 2 N–H and O–H groups in total. The summed E-state index contributed by atoms with van der Waals surface area (Å²) in [5.74, 6) is -1.48. The molecule has 2 aliphatic heterocycles. The average molecular weight is 605 g/mol. The Kier molecular flexibility index (Phi) is 8.99. The lowest BCUT2D eigenvalue weighted by atomic mass is 9.99. The number of hydrogen-bond donors (Lipinski definition) is 1. The van der Waals surface area contributed by atoms with Crippen molar-refractivity contribution in [2.45, 2.75) is 57.0 Å². The fraction of sp³-hybridized carbons (Fsp3) is 0.444. The Labute approximate surface area is 235 Å². The molecular weight excluding hydrogens is 577 g/mol. The number of amides is 3. The van der Waals surface area contributed by atoms with Crippen LogP contribution >= 0.6 is 0 Å². The minimum Gasteiger partial charge on any atom is -0.444 e. The first-order valence-electron chi connectivity index (χ1n) is 13.0. The standard InChI is InChI=1S/C27H27F7N4O4/c28-20-5-2-1-4-17(20)13-36-14-22-37(9-7-23(39)38(22)21(24(36)40)6-3-8-35)25(41)42-15-16-10-18(26(29,30)31)12-19(11-16)27(32,33)34/h1-2,4-5,10-12,21-22H,3,6-9,13-15,35H2/t21-,22+/m0/s1. The third kappa shape index (κ3) is 6.77. The highest BCUT2D eigenvalue weighted by Crippen LogP contribution is 2.37. The predicted octanol–water partition coefficient (Wildman–Crippen LogP) is 4.51. The molecule has 4 rings (SSSR count). The third-order valence-corrected chi connectivity index (χ3v) is 7.10. The molecule has 228 valence electrons. The van der Waals surface area contributed by atoms with Gasteiger partial charge in [-0.3, -0.25) is 14.5 Å². The molecule has 0 saturated carbocycles. The Bertz CT molecular complexity index is 1300. The first kappa shape index (κ1) is 31.1. The van der Waals surface area contributed by atoms with E-state index in [-0.39, 0.29) is 50.7 Å². The van der Waals surface area contributed by atoms with E-state index in [4.69, 9.17) is 10.5 Å². The first-order chi connectivity index (χ1) is 19.7. The number of alkyl halides is 6. The van der Waals surface area contributed by atoms with E-state index >= 15 is 0 Å². The van der Waals surface area contributed by atoms with Crippen LogP contribution in [0.3, 0.4) is 0 Å². The van der Waals surface area contributed by atoms with Crippen molar-refractivity contribution in [2.24, 2.45) is 5.73 Å². The number of carbonyl (C=O) groups is 3. The van der Waals surface area contributed by atoms with Crippen LogP contribution in [-0.4, -0.2) is 64.4 Å². The maximum absolute atomic E-state index is 14.4. The van der Waals surface area contributed by atoms with Crippen LogP contribution in [0.5, 0.6) is 0 Å². The van der Waals surface area contributed by atoms with Gasteiger partial charge in [0.15, 0.2) is 0 Å². The van der Waals surface area contributed by atoms with Crippen molar-refractivity contribution < 1.29 is 49.9 Å². The average Bonchev–Trinajstić information content (AvgIpc) is 2.92. The van der Waals surface area contributed by atoms with Gasteiger partial charge in [-0.25, -0.2) is 9.18 Å². The number of hydrogen-bond acceptors (Lipinski definition) is 5. The maximum Gasteiger partial charge on any atom is 0.416 e. The van der Waals surface area contributed by atoms with Gasteiger partial charge in [0.1, 0.15) is 24.6 Å². The van der Waals surface area contributed by atoms with E-state index < -0.39 is 71.6 Å². The van der Waals surface area contributed by atoms with E-state index in [1.54, 1.807) is 6.07 Å². The molecule has 0 radical (unpaired) electrons. The molecule has 0 aliphatic carbocycles. The van der Waals surface area contributed by atoms with E-state index in [1.807, 2.05) is 0 Å². The largest absolute Gasteiger partial charge is 0.444 e. The van der Waals surface area contributed by atoms with Gasteiger partial charge in [0.2, 0.25) is 11.8 Å². The normalized spacial score (nSPS) is 19.7. The van der Waals surface area contributed by atoms with E-state index in [1.165, 1.54) is 28.0 Å². The molecule has 8 nitrogen and oxygen atoms in total. The molecule has 2 aromatic rings. The van der Waals surface area contributed by atoms with Gasteiger partial charge in [0.05, 0.1) is 17.7 Å². The number of nitrogens with zero attached hydrogens (tertiary/aromatic N) is 3. The summed E-state index contributed by atoms with van der Waals surface area (Å²) >= 11 is 0. The minimum absolute atomic E-state index is 0.0376. The quantitative estimate of drug-likeness (QED) is 0.470. The number of fused-ring (bicyclic) bond motifs is 1. The summed E-state index contributed by atoms with van der Waals surface area (Å²) < 4.78 is 99.0. The van der Waals surface area contributed by atoms with Crippen molar-refractivity contribution in [1.82, 2.24) is 14.7 Å². The number of nitrogens with two attached hydrogens (primary N) is 1. The van der Waals surface area contributed by atoms with Gasteiger partial charge in [0.25, 0.3) is 0 Å². The summed E-state index contributed by atoms with van der Waals surface area (Å²) in [6, 6.07) is 5.59. The Morgan fingerprint density at radius 2 is 1.64 bits per heavy atom. The first-order valence-corrected chi connectivity index (χ1v) is 13.0. The van der Waals surface area contributed by atoms with Gasteiger partial charge in [-0.05, 0) is 49.2 Å². The molecule has 0 bridgehead atoms. The number of benzene rings is 2. The smallest absolute Gasteiger partial charge is 0.416 e. The summed E-state index contributed by atoms with van der Waals surface area (Å²) in [6.45, 7) is -1.30. The van der Waals surface area contributed by atoms with Crippen molar-refractivity contribution >= 4 is 17.9 Å². The second-order valence-electron chi connectivity index (χ2n) is 9.95. The van der Waals surface area contributed by atoms with Crippen molar-refractivity contribution in [3.8, 4) is 0 Å². The Morgan fingerprint density at radius 1 is 1.00 bits per heavy atom. The Morgan fingerprint density at radius 3 is 2.24 bits per heavy atom. The molecule has 2 aliphatic rings. The molecule has 2 aromatic carbocycles. The summed E-state index contributed by atoms with van der Waals surface area (Å²) in [7, 11) is 0. The minimum atomic E-state index is -5.08. The molecule has 0 unspecified atom stereocenters. The van der Waals surface area contributed by atoms with Gasteiger partial charge >= 0.3 is 18.4 Å². The highest BCUT2D eigenvalue weighted by atomic mass is 19.4. The zero-order chi connectivity index (χ0) is 30.8. The van der Waals surface area contributed by atoms with E-state index in [0.29, 0.717) is 18.6 Å². The third-order valence-electron chi connectivity index (χ3n) is 7.10. The van der Waals surface area contributed by atoms with Crippen LogP contribution in [0.15, 0.2) is 42.5 Å². The molecule has 0 aromatic heterocycles. The predicted molar refractivity (Wildman–Crippen MR) is 132 cm³/mol. The molecule has 2 atom stereocenters. The number of rotatable bonds is 7. The Balaban J connectivity index is 1.59. The summed E-state index contributed by atoms with van der Waals surface area (Å²) in [5, 5.41) is 0. The van der Waals surface area contributed by atoms with Gasteiger partial charge in [-0.2, -0.15) is 26.3 Å². The van der Waals surface area contributed by atoms with Crippen molar-refractivity contribution in [2.75, 3.05) is 19.6 Å². The maximum atomic E-state index is 14.4. The van der Waals surface area contributed by atoms with Gasteiger partial charge in [0, 0.05) is 25.1 Å². The van der Waals surface area contributed by atoms with Crippen molar-refractivity contribution in [3.63, 3.8) is 0 Å². The van der Waals surface area contributed by atoms with Gasteiger partial charge in [-0.15, -0.1) is 0 Å². The van der Waals surface area contributed by atoms with E-state index in [2.05, 4.69) is 0 Å². The fourth-order valence-corrected chi connectivity index (χ4v) is 5.09. The van der Waals surface area contributed by atoms with E-state index in [0.717, 1.165) is 4.90 Å². The summed E-state index contributed by atoms with van der Waals surface area (Å²) in [4.78, 5) is 43.1. The number of halogens is 7. The Hall–Kier alpha value is -3.88. The lowest BCUT2D eigenvalue weighted by molar-refractivity contribution is -0.169. The van der Waals surface area contributed by atoms with Gasteiger partial charge in [-0.1, -0.05) is 18.2 Å². The van der Waals surface area contributed by atoms with Crippen LogP contribution < -0.4 is 5.73 Å². The summed E-state index contributed by atoms with van der Waals surface area (Å²) in [5.41, 5.74) is 2.14. The van der Waals surface area contributed by atoms with Crippen LogP contribution in [0.4, 0.5) is 35.5 Å². The van der Waals surface area contributed by atoms with Crippen LogP contribution in [0.2, 0.25) is 0 Å². The molecular formula is C27H27F7N4O4. The zero-order valence-corrected chi connectivity index (χ0v) is 22.1. The lowest BCUT2D eigenvalue weighted by Crippen LogP contribution is -2.71. The SMILES string of the molecule is NCCC[C@H]1C(=O)N(Cc2ccccc2F)C[C@@H]2N(C(=O)OCc3cc(C(F)(F)F)cc(C(F)(F)F)c3)CCC(=O)N21. The molecule has 2 heterocycles. The monoisotopic (exact) mass is 604 g/mol. The van der Waals surface area contributed by atoms with Crippen LogP contribution in [0.1, 0.15) is 41.5 Å². The van der Waals surface area contributed by atoms with Crippen LogP contribution in [0, 0.1) is 5.82 Å². The van der Waals surface area contributed by atoms with Crippen molar-refractivity contribution in [3.05, 3.63) is 70.5 Å². The highest BCUT2D eigenvalue weighted by molar-refractivity contribution is 5.90. The topological polar surface area (TPSA) is 96.2 Å². The number of ether oxygens (including phenoxy) is 1.